The monoisotopic (exact) mass is 303 g/mol. The number of carbonyl (C=O) groups is 1. The van der Waals surface area contributed by atoms with E-state index in [0.717, 1.165) is 22.0 Å². The Hall–Kier alpha value is -1.72. The lowest BCUT2D eigenvalue weighted by atomic mass is 10.2. The maximum Gasteiger partial charge on any atom is 0.238 e. The molecule has 1 aromatic carbocycles. The predicted octanol–water partition coefficient (Wildman–Crippen LogP) is 3.36. The molecule has 4 nitrogen and oxygen atoms in total. The molecule has 0 aliphatic carbocycles. The van der Waals surface area contributed by atoms with Gasteiger partial charge in [0, 0.05) is 16.6 Å². The summed E-state index contributed by atoms with van der Waals surface area (Å²) in [6.07, 6.45) is 0. The summed E-state index contributed by atoms with van der Waals surface area (Å²) in [5.41, 5.74) is 2.96. The molecule has 0 aliphatic heterocycles. The third-order valence-electron chi connectivity index (χ3n) is 3.32. The first-order chi connectivity index (χ1) is 9.97. The second-order valence-electron chi connectivity index (χ2n) is 5.15. The zero-order chi connectivity index (χ0) is 15.4. The third kappa shape index (κ3) is 4.12. The largest absolute Gasteiger partial charge is 0.325 e. The Bertz CT molecular complexity index is 636. The van der Waals surface area contributed by atoms with Crippen molar-refractivity contribution in [1.29, 1.82) is 0 Å². The predicted molar refractivity (Wildman–Crippen MR) is 87.8 cm³/mol. The van der Waals surface area contributed by atoms with E-state index < -0.39 is 0 Å². The average molecular weight is 303 g/mol. The molecule has 1 aromatic heterocycles. The highest BCUT2D eigenvalue weighted by molar-refractivity contribution is 7.11. The van der Waals surface area contributed by atoms with E-state index in [1.807, 2.05) is 45.0 Å². The van der Waals surface area contributed by atoms with Gasteiger partial charge in [-0.15, -0.1) is 11.3 Å². The van der Waals surface area contributed by atoms with E-state index in [9.17, 15) is 4.79 Å². The molecule has 2 rings (SSSR count). The van der Waals surface area contributed by atoms with Crippen LogP contribution < -0.4 is 10.6 Å². The Morgan fingerprint density at radius 3 is 2.62 bits per heavy atom. The fourth-order valence-corrected chi connectivity index (χ4v) is 3.15. The van der Waals surface area contributed by atoms with E-state index in [4.69, 9.17) is 0 Å². The highest BCUT2D eigenvalue weighted by Crippen LogP contribution is 2.24. The topological polar surface area (TPSA) is 54.0 Å². The molecular weight excluding hydrogens is 282 g/mol. The summed E-state index contributed by atoms with van der Waals surface area (Å²) in [6, 6.07) is 7.89. The van der Waals surface area contributed by atoms with Crippen LogP contribution in [0, 0.1) is 20.8 Å². The van der Waals surface area contributed by atoms with E-state index in [1.54, 1.807) is 11.3 Å². The van der Waals surface area contributed by atoms with Gasteiger partial charge in [0.25, 0.3) is 0 Å². The van der Waals surface area contributed by atoms with Crippen molar-refractivity contribution in [3.05, 3.63) is 45.4 Å². The van der Waals surface area contributed by atoms with E-state index in [-0.39, 0.29) is 18.5 Å². The van der Waals surface area contributed by atoms with Gasteiger partial charge in [0.15, 0.2) is 0 Å². The van der Waals surface area contributed by atoms with Gasteiger partial charge in [0.1, 0.15) is 0 Å². The van der Waals surface area contributed by atoms with Crippen LogP contribution in [0.4, 0.5) is 5.69 Å². The quantitative estimate of drug-likeness (QED) is 0.890. The summed E-state index contributed by atoms with van der Waals surface area (Å²) in [5, 5.41) is 7.23. The molecule has 1 unspecified atom stereocenters. The van der Waals surface area contributed by atoms with Crippen molar-refractivity contribution in [2.24, 2.45) is 0 Å². The lowest BCUT2D eigenvalue weighted by Crippen LogP contribution is -2.30. The van der Waals surface area contributed by atoms with E-state index in [0.29, 0.717) is 0 Å². The van der Waals surface area contributed by atoms with Gasteiger partial charge in [-0.1, -0.05) is 18.2 Å². The normalized spacial score (nSPS) is 12.2. The molecule has 1 heterocycles. The molecule has 112 valence electrons. The standard InChI is InChI=1S/C16H21N3OS/c1-10-7-5-6-8-14(10)19-15(20)9-17-11(2)16-12(3)18-13(4)21-16/h5-8,11,17H,9H2,1-4H3,(H,19,20). The van der Waals surface area contributed by atoms with Crippen LogP contribution in [0.1, 0.15) is 34.1 Å². The second kappa shape index (κ2) is 6.83. The summed E-state index contributed by atoms with van der Waals surface area (Å²) in [4.78, 5) is 17.6. The molecule has 0 bridgehead atoms. The highest BCUT2D eigenvalue weighted by Gasteiger charge is 2.14. The van der Waals surface area contributed by atoms with Crippen molar-refractivity contribution in [1.82, 2.24) is 10.3 Å². The number of hydrogen-bond acceptors (Lipinski definition) is 4. The van der Waals surface area contributed by atoms with Gasteiger partial charge >= 0.3 is 0 Å². The van der Waals surface area contributed by atoms with Crippen LogP contribution in [0.15, 0.2) is 24.3 Å². The van der Waals surface area contributed by atoms with Gasteiger partial charge < -0.3 is 10.6 Å². The first-order valence-corrected chi connectivity index (χ1v) is 7.82. The molecule has 1 amide bonds. The molecule has 0 aliphatic rings. The van der Waals surface area contributed by atoms with Crippen LogP contribution in [0.25, 0.3) is 0 Å². The summed E-state index contributed by atoms with van der Waals surface area (Å²) < 4.78 is 0. The van der Waals surface area contributed by atoms with Crippen molar-refractivity contribution >= 4 is 22.9 Å². The molecule has 2 aromatic rings. The van der Waals surface area contributed by atoms with Gasteiger partial charge in [0.05, 0.1) is 17.2 Å². The minimum Gasteiger partial charge on any atom is -0.325 e. The number of carbonyl (C=O) groups excluding carboxylic acids is 1. The minimum atomic E-state index is -0.0324. The molecule has 0 saturated carbocycles. The third-order valence-corrected chi connectivity index (χ3v) is 4.58. The number of rotatable bonds is 5. The van der Waals surface area contributed by atoms with Crippen molar-refractivity contribution in [3.63, 3.8) is 0 Å². The molecule has 0 saturated heterocycles. The van der Waals surface area contributed by atoms with Crippen molar-refractivity contribution in [2.75, 3.05) is 11.9 Å². The van der Waals surface area contributed by atoms with Crippen LogP contribution >= 0.6 is 11.3 Å². The van der Waals surface area contributed by atoms with E-state index in [2.05, 4.69) is 22.5 Å². The Balaban J connectivity index is 1.89. The average Bonchev–Trinajstić information content (AvgIpc) is 2.78. The molecule has 1 atom stereocenters. The first-order valence-electron chi connectivity index (χ1n) is 7.00. The number of amides is 1. The number of benzene rings is 1. The van der Waals surface area contributed by atoms with Crippen molar-refractivity contribution < 1.29 is 4.79 Å². The summed E-state index contributed by atoms with van der Waals surface area (Å²) in [6.45, 7) is 8.32. The molecule has 2 N–H and O–H groups in total. The molecule has 0 fully saturated rings. The number of nitrogens with zero attached hydrogens (tertiary/aromatic N) is 1. The summed E-state index contributed by atoms with van der Waals surface area (Å²) in [7, 11) is 0. The maximum absolute atomic E-state index is 12.0. The Labute approximate surface area is 129 Å². The van der Waals surface area contributed by atoms with E-state index in [1.165, 1.54) is 4.88 Å². The maximum atomic E-state index is 12.0. The lowest BCUT2D eigenvalue weighted by molar-refractivity contribution is -0.115. The molecule has 0 spiro atoms. The lowest BCUT2D eigenvalue weighted by Gasteiger charge is -2.13. The smallest absolute Gasteiger partial charge is 0.238 e. The number of thiazole rings is 1. The van der Waals surface area contributed by atoms with Gasteiger partial charge in [-0.25, -0.2) is 4.98 Å². The molecule has 5 heteroatoms. The zero-order valence-electron chi connectivity index (χ0n) is 12.9. The Kier molecular flexibility index (Phi) is 5.09. The first kappa shape index (κ1) is 15.7. The molecular formula is C16H21N3OS. The second-order valence-corrected chi connectivity index (χ2v) is 6.38. The van der Waals surface area contributed by atoms with Crippen LogP contribution in [-0.2, 0) is 4.79 Å². The number of aromatic nitrogens is 1. The van der Waals surface area contributed by atoms with Crippen LogP contribution in [-0.4, -0.2) is 17.4 Å². The SMILES string of the molecule is Cc1nc(C)c(C(C)NCC(=O)Nc2ccccc2C)s1. The van der Waals surface area contributed by atoms with Gasteiger partial charge in [0.2, 0.25) is 5.91 Å². The molecule has 21 heavy (non-hydrogen) atoms. The van der Waals surface area contributed by atoms with Crippen LogP contribution in [0.3, 0.4) is 0 Å². The Morgan fingerprint density at radius 2 is 2.00 bits per heavy atom. The number of para-hydroxylation sites is 1. The van der Waals surface area contributed by atoms with Gasteiger partial charge in [-0.3, -0.25) is 4.79 Å². The number of aryl methyl sites for hydroxylation is 3. The minimum absolute atomic E-state index is 0.0324. The Morgan fingerprint density at radius 1 is 1.29 bits per heavy atom. The van der Waals surface area contributed by atoms with Crippen molar-refractivity contribution in [2.45, 2.75) is 33.7 Å². The van der Waals surface area contributed by atoms with Crippen molar-refractivity contribution in [3.8, 4) is 0 Å². The highest BCUT2D eigenvalue weighted by atomic mass is 32.1. The number of hydrogen-bond donors (Lipinski definition) is 2. The van der Waals surface area contributed by atoms with Gasteiger partial charge in [-0.05, 0) is 39.3 Å². The fourth-order valence-electron chi connectivity index (χ4n) is 2.19. The summed E-state index contributed by atoms with van der Waals surface area (Å²) >= 11 is 1.68. The molecule has 0 radical (unpaired) electrons. The van der Waals surface area contributed by atoms with E-state index >= 15 is 0 Å². The zero-order valence-corrected chi connectivity index (χ0v) is 13.7. The number of anilines is 1. The fraction of sp³-hybridized carbons (Fsp3) is 0.375. The summed E-state index contributed by atoms with van der Waals surface area (Å²) in [5.74, 6) is -0.0324. The van der Waals surface area contributed by atoms with Gasteiger partial charge in [-0.2, -0.15) is 0 Å². The number of nitrogens with one attached hydrogen (secondary N) is 2. The van der Waals surface area contributed by atoms with Crippen LogP contribution in [0.2, 0.25) is 0 Å². The van der Waals surface area contributed by atoms with Crippen LogP contribution in [0.5, 0.6) is 0 Å².